The van der Waals surface area contributed by atoms with Gasteiger partial charge in [0.2, 0.25) is 5.91 Å². The van der Waals surface area contributed by atoms with Gasteiger partial charge in [-0.3, -0.25) is 14.5 Å². The summed E-state index contributed by atoms with van der Waals surface area (Å²) in [5, 5.41) is 3.27. The van der Waals surface area contributed by atoms with E-state index in [1.165, 1.54) is 4.90 Å². The van der Waals surface area contributed by atoms with Crippen LogP contribution in [0.1, 0.15) is 60.3 Å². The van der Waals surface area contributed by atoms with E-state index in [9.17, 15) is 9.59 Å². The first-order chi connectivity index (χ1) is 16.9. The number of para-hydroxylation sites is 1. The number of carbonyl (C=O) groups is 2. The number of nitrogens with one attached hydrogen (secondary N) is 1. The van der Waals surface area contributed by atoms with Crippen molar-refractivity contribution >= 4 is 52.2 Å². The lowest BCUT2D eigenvalue weighted by atomic mass is 9.99. The molecule has 4 rings (SSSR count). The van der Waals surface area contributed by atoms with Gasteiger partial charge in [-0.05, 0) is 60.1 Å². The fourth-order valence-electron chi connectivity index (χ4n) is 4.47. The number of methoxy groups -OCH3 is 1. The van der Waals surface area contributed by atoms with Crippen LogP contribution in [-0.4, -0.2) is 29.3 Å². The molecule has 1 aliphatic rings. The van der Waals surface area contributed by atoms with Crippen molar-refractivity contribution in [3.63, 3.8) is 0 Å². The van der Waals surface area contributed by atoms with Gasteiger partial charge in [-0.1, -0.05) is 73.3 Å². The lowest BCUT2D eigenvalue weighted by Gasteiger charge is -2.33. The van der Waals surface area contributed by atoms with Crippen LogP contribution in [0, 0.1) is 0 Å². The van der Waals surface area contributed by atoms with Crippen molar-refractivity contribution in [3.8, 4) is 5.75 Å². The Morgan fingerprint density at radius 3 is 2.43 bits per heavy atom. The number of benzene rings is 2. The molecule has 2 amide bonds. The lowest BCUT2D eigenvalue weighted by Crippen LogP contribution is -2.46. The third-order valence-electron chi connectivity index (χ3n) is 6.29. The van der Waals surface area contributed by atoms with E-state index >= 15 is 0 Å². The number of hydrogen-bond acceptors (Lipinski definition) is 5. The highest BCUT2D eigenvalue weighted by atomic mass is 35.5. The molecule has 0 aliphatic heterocycles. The molecule has 9 heteroatoms. The smallest absolute Gasteiger partial charge is 0.280 e. The molecule has 35 heavy (non-hydrogen) atoms. The Hall–Kier alpha value is -2.61. The van der Waals surface area contributed by atoms with Gasteiger partial charge in [-0.2, -0.15) is 4.37 Å². The van der Waals surface area contributed by atoms with Gasteiger partial charge in [-0.25, -0.2) is 0 Å². The molecule has 0 spiro atoms. The highest BCUT2D eigenvalue weighted by Gasteiger charge is 2.37. The van der Waals surface area contributed by atoms with Crippen molar-refractivity contribution < 1.29 is 14.3 Å². The lowest BCUT2D eigenvalue weighted by molar-refractivity contribution is -0.123. The van der Waals surface area contributed by atoms with Crippen LogP contribution in [-0.2, 0) is 11.2 Å². The summed E-state index contributed by atoms with van der Waals surface area (Å²) in [4.78, 5) is 29.4. The molecule has 1 saturated carbocycles. The van der Waals surface area contributed by atoms with E-state index in [0.717, 1.165) is 42.8 Å². The number of hydrogen-bond donors (Lipinski definition) is 1. The molecular weight excluding hydrogens is 505 g/mol. The van der Waals surface area contributed by atoms with E-state index in [1.807, 2.05) is 43.3 Å². The van der Waals surface area contributed by atoms with Crippen molar-refractivity contribution in [1.82, 2.24) is 9.69 Å². The van der Waals surface area contributed by atoms with Crippen LogP contribution in [0.25, 0.3) is 0 Å². The predicted molar refractivity (Wildman–Crippen MR) is 141 cm³/mol. The van der Waals surface area contributed by atoms with Crippen LogP contribution in [0.3, 0.4) is 0 Å². The quantitative estimate of drug-likeness (QED) is 0.361. The number of ether oxygens (including phenoxy) is 1. The zero-order valence-electron chi connectivity index (χ0n) is 19.6. The second-order valence-electron chi connectivity index (χ2n) is 8.44. The summed E-state index contributed by atoms with van der Waals surface area (Å²) in [6, 6.07) is 13.9. The fraction of sp³-hybridized carbons (Fsp3) is 0.346. The van der Waals surface area contributed by atoms with Crippen LogP contribution in [0.2, 0.25) is 9.36 Å². The molecule has 0 radical (unpaired) electrons. The van der Waals surface area contributed by atoms with E-state index in [-0.39, 0.29) is 27.0 Å². The fourth-order valence-corrected chi connectivity index (χ4v) is 5.46. The van der Waals surface area contributed by atoms with Gasteiger partial charge in [0, 0.05) is 11.7 Å². The van der Waals surface area contributed by atoms with Gasteiger partial charge in [0.25, 0.3) is 5.91 Å². The minimum atomic E-state index is -0.946. The summed E-state index contributed by atoms with van der Waals surface area (Å²) < 4.78 is 9.76. The van der Waals surface area contributed by atoms with E-state index in [4.69, 9.17) is 27.9 Å². The monoisotopic (exact) mass is 531 g/mol. The Morgan fingerprint density at radius 1 is 1.14 bits per heavy atom. The number of rotatable bonds is 8. The minimum absolute atomic E-state index is 0.0275. The topological polar surface area (TPSA) is 71.5 Å². The summed E-state index contributed by atoms with van der Waals surface area (Å²) in [7, 11) is 1.58. The van der Waals surface area contributed by atoms with E-state index < -0.39 is 11.9 Å². The molecule has 1 heterocycles. The predicted octanol–water partition coefficient (Wildman–Crippen LogP) is 6.47. The SMILES string of the molecule is CCc1ccccc1N(C(=O)c1nsc(Cl)c1Cl)[C@H](C(=O)NC1CCCC1)c1ccc(OC)cc1. The summed E-state index contributed by atoms with van der Waals surface area (Å²) in [6.45, 7) is 2.01. The molecule has 0 bridgehead atoms. The van der Waals surface area contributed by atoms with Crippen LogP contribution in [0.15, 0.2) is 48.5 Å². The zero-order valence-corrected chi connectivity index (χ0v) is 21.9. The summed E-state index contributed by atoms with van der Waals surface area (Å²) in [6.07, 6.45) is 4.67. The first-order valence-corrected chi connectivity index (χ1v) is 13.1. The molecule has 6 nitrogen and oxygen atoms in total. The van der Waals surface area contributed by atoms with Gasteiger partial charge in [0.15, 0.2) is 5.69 Å². The normalized spacial score (nSPS) is 14.5. The highest BCUT2D eigenvalue weighted by Crippen LogP contribution is 2.37. The molecule has 2 aromatic carbocycles. The van der Waals surface area contributed by atoms with E-state index in [2.05, 4.69) is 9.69 Å². The molecule has 1 fully saturated rings. The molecule has 0 unspecified atom stereocenters. The van der Waals surface area contributed by atoms with Crippen molar-refractivity contribution in [1.29, 1.82) is 0 Å². The minimum Gasteiger partial charge on any atom is -0.497 e. The van der Waals surface area contributed by atoms with Crippen LogP contribution in [0.4, 0.5) is 5.69 Å². The molecular formula is C26H27Cl2N3O3S. The Kier molecular flexibility index (Phi) is 8.31. The number of carbonyl (C=O) groups excluding carboxylic acids is 2. The molecule has 1 aliphatic carbocycles. The Bertz CT molecular complexity index is 1190. The molecule has 0 saturated heterocycles. The van der Waals surface area contributed by atoms with Crippen LogP contribution in [0.5, 0.6) is 5.75 Å². The summed E-state index contributed by atoms with van der Waals surface area (Å²) in [5.74, 6) is -0.0786. The third kappa shape index (κ3) is 5.47. The van der Waals surface area contributed by atoms with Gasteiger partial charge in [0.05, 0.1) is 7.11 Å². The number of amides is 2. The van der Waals surface area contributed by atoms with Gasteiger partial charge in [-0.15, -0.1) is 0 Å². The second kappa shape index (κ2) is 11.4. The van der Waals surface area contributed by atoms with Crippen LogP contribution >= 0.6 is 34.7 Å². The first-order valence-electron chi connectivity index (χ1n) is 11.6. The van der Waals surface area contributed by atoms with Gasteiger partial charge < -0.3 is 10.1 Å². The molecule has 1 atom stereocenters. The second-order valence-corrected chi connectivity index (χ2v) is 10.2. The Morgan fingerprint density at radius 2 is 1.83 bits per heavy atom. The van der Waals surface area contributed by atoms with Crippen molar-refractivity contribution in [2.24, 2.45) is 0 Å². The average molecular weight is 532 g/mol. The van der Waals surface area contributed by atoms with E-state index in [0.29, 0.717) is 23.4 Å². The standard InChI is InChI=1S/C26H27Cl2N3O3S/c1-3-16-8-4-7-11-20(16)31(26(33)22-21(27)24(28)35-30-22)23(17-12-14-19(34-2)15-13-17)25(32)29-18-9-5-6-10-18/h4,7-8,11-15,18,23H,3,5-6,9-10H2,1-2H3,(H,29,32)/t23-/m0/s1. The summed E-state index contributed by atoms with van der Waals surface area (Å²) >= 11 is 13.5. The maximum Gasteiger partial charge on any atom is 0.280 e. The third-order valence-corrected chi connectivity index (χ3v) is 7.90. The van der Waals surface area contributed by atoms with E-state index in [1.54, 1.807) is 19.2 Å². The Labute approximate surface area is 219 Å². The summed E-state index contributed by atoms with van der Waals surface area (Å²) in [5.41, 5.74) is 2.23. The van der Waals surface area contributed by atoms with Crippen molar-refractivity contribution in [3.05, 3.63) is 74.7 Å². The number of anilines is 1. The highest BCUT2D eigenvalue weighted by molar-refractivity contribution is 7.11. The van der Waals surface area contributed by atoms with Gasteiger partial charge >= 0.3 is 0 Å². The van der Waals surface area contributed by atoms with Crippen molar-refractivity contribution in [2.75, 3.05) is 12.0 Å². The molecule has 1 aromatic heterocycles. The van der Waals surface area contributed by atoms with Crippen molar-refractivity contribution in [2.45, 2.75) is 51.1 Å². The average Bonchev–Trinajstić information content (AvgIpc) is 3.51. The number of nitrogens with zero attached hydrogens (tertiary/aromatic N) is 2. The zero-order chi connectivity index (χ0) is 24.9. The number of halogens is 2. The Balaban J connectivity index is 1.87. The number of aromatic nitrogens is 1. The molecule has 3 aromatic rings. The molecule has 184 valence electrons. The number of aryl methyl sites for hydroxylation is 1. The maximum absolute atomic E-state index is 14.0. The maximum atomic E-state index is 14.0. The molecule has 1 N–H and O–H groups in total. The first kappa shape index (κ1) is 25.5. The van der Waals surface area contributed by atoms with Crippen LogP contribution < -0.4 is 15.0 Å². The largest absolute Gasteiger partial charge is 0.497 e. The van der Waals surface area contributed by atoms with Gasteiger partial charge in [0.1, 0.15) is 21.2 Å².